The van der Waals surface area contributed by atoms with E-state index < -0.39 is 35.8 Å². The van der Waals surface area contributed by atoms with Crippen molar-refractivity contribution in [1.29, 1.82) is 0 Å². The number of benzene rings is 3. The number of fused-ring (bicyclic) bond motifs is 5. The van der Waals surface area contributed by atoms with Crippen molar-refractivity contribution >= 4 is 74.3 Å². The number of rotatable bonds is 10. The van der Waals surface area contributed by atoms with Crippen LogP contribution in [0.2, 0.25) is 0 Å². The van der Waals surface area contributed by atoms with Crippen LogP contribution in [0.5, 0.6) is 0 Å². The topological polar surface area (TPSA) is 222 Å². The number of aromatic amines is 1. The molecule has 20 heteroatoms. The second-order valence-electron chi connectivity index (χ2n) is 21.3. The summed E-state index contributed by atoms with van der Waals surface area (Å²) in [5.41, 5.74) is 8.27. The number of nitrogens with zero attached hydrogens (tertiary/aromatic N) is 9. The Kier molecular flexibility index (Phi) is 12.3. The highest BCUT2D eigenvalue weighted by molar-refractivity contribution is 6.25. The van der Waals surface area contributed by atoms with Crippen molar-refractivity contribution in [2.45, 2.75) is 83.0 Å². The van der Waals surface area contributed by atoms with Gasteiger partial charge in [0.15, 0.2) is 0 Å². The minimum atomic E-state index is -1.01. The van der Waals surface area contributed by atoms with E-state index in [2.05, 4.69) is 57.5 Å². The first-order valence-electron chi connectivity index (χ1n) is 26.4. The van der Waals surface area contributed by atoms with Crippen LogP contribution in [0.3, 0.4) is 0 Å². The molecule has 5 aliphatic rings. The molecule has 0 bridgehead atoms. The second-order valence-corrected chi connectivity index (χ2v) is 21.3. The highest BCUT2D eigenvalue weighted by Crippen LogP contribution is 2.44. The summed E-state index contributed by atoms with van der Waals surface area (Å²) in [6.45, 7) is 9.25. The molecule has 8 heterocycles. The molecule has 4 aliphatic heterocycles. The van der Waals surface area contributed by atoms with Crippen molar-refractivity contribution in [3.8, 4) is 22.4 Å². The molecule has 4 fully saturated rings. The predicted octanol–water partition coefficient (Wildman–Crippen LogP) is 6.01. The van der Waals surface area contributed by atoms with Crippen LogP contribution < -0.4 is 21.2 Å². The Hall–Kier alpha value is -8.13. The number of pyridine rings is 1. The maximum atomic E-state index is 14.3. The van der Waals surface area contributed by atoms with E-state index >= 15 is 0 Å². The number of alkyl carbamates (subject to hydrolysis) is 1. The summed E-state index contributed by atoms with van der Waals surface area (Å²) in [5.74, 6) is -1.65. The second kappa shape index (κ2) is 19.2. The van der Waals surface area contributed by atoms with Gasteiger partial charge in [-0.2, -0.15) is 5.10 Å². The number of piperazine rings is 1. The van der Waals surface area contributed by atoms with Gasteiger partial charge >= 0.3 is 11.8 Å². The number of hydrogen-bond donors (Lipinski definition) is 3. The first kappa shape index (κ1) is 48.8. The Morgan fingerprint density at radius 2 is 1.59 bits per heavy atom. The molecule has 0 spiro atoms. The number of nitrogens with one attached hydrogen (secondary N) is 3. The van der Waals surface area contributed by atoms with E-state index in [1.165, 1.54) is 7.11 Å². The fraction of sp³-hybridized carbons (Fsp3) is 0.411. The first-order valence-corrected chi connectivity index (χ1v) is 26.4. The van der Waals surface area contributed by atoms with E-state index in [9.17, 15) is 33.6 Å². The Morgan fingerprint density at radius 3 is 2.33 bits per heavy atom. The van der Waals surface area contributed by atoms with Crippen LogP contribution in [0, 0.1) is 5.92 Å². The van der Waals surface area contributed by atoms with Gasteiger partial charge in [-0.1, -0.05) is 24.3 Å². The number of aromatic nitrogens is 6. The fourth-order valence-electron chi connectivity index (χ4n) is 12.6. The third kappa shape index (κ3) is 8.29. The molecule has 1 unspecified atom stereocenters. The molecule has 3 atom stereocenters. The Balaban J connectivity index is 0.749. The lowest BCUT2D eigenvalue weighted by atomic mass is 9.94. The molecule has 3 saturated heterocycles. The minimum absolute atomic E-state index is 0.0177. The summed E-state index contributed by atoms with van der Waals surface area (Å²) in [6, 6.07) is 18.1. The smallest absolute Gasteiger partial charge is 0.407 e. The quantitative estimate of drug-likeness (QED) is 0.134. The molecule has 392 valence electrons. The lowest BCUT2D eigenvalue weighted by Crippen LogP contribution is -2.54. The maximum Gasteiger partial charge on any atom is 0.407 e. The number of imidazole rings is 1. The normalized spacial score (nSPS) is 20.7. The van der Waals surface area contributed by atoms with Crippen molar-refractivity contribution in [3.05, 3.63) is 100 Å². The molecule has 20 nitrogen and oxygen atoms in total. The number of imide groups is 2. The summed E-state index contributed by atoms with van der Waals surface area (Å²) in [5, 5.41) is 11.7. The lowest BCUT2D eigenvalue weighted by molar-refractivity contribution is -0.136. The van der Waals surface area contributed by atoms with Gasteiger partial charge in [0.2, 0.25) is 11.8 Å². The van der Waals surface area contributed by atoms with Gasteiger partial charge in [0, 0.05) is 93.9 Å². The average molecular weight is 1030 g/mol. The largest absolute Gasteiger partial charge is 0.453 e. The Morgan fingerprint density at radius 1 is 0.829 bits per heavy atom. The van der Waals surface area contributed by atoms with Gasteiger partial charge in [0.05, 0.1) is 63.9 Å². The van der Waals surface area contributed by atoms with Crippen LogP contribution in [-0.2, 0) is 21.4 Å². The summed E-state index contributed by atoms with van der Waals surface area (Å²) in [6.07, 6.45) is 7.02. The van der Waals surface area contributed by atoms with Gasteiger partial charge in [-0.15, -0.1) is 0 Å². The third-order valence-electron chi connectivity index (χ3n) is 16.5. The third-order valence-corrected chi connectivity index (χ3v) is 16.5. The van der Waals surface area contributed by atoms with E-state index in [4.69, 9.17) is 14.8 Å². The fourth-order valence-corrected chi connectivity index (χ4v) is 12.6. The number of methoxy groups -OCH3 is 1. The van der Waals surface area contributed by atoms with Crippen molar-refractivity contribution in [1.82, 2.24) is 54.2 Å². The molecule has 7 aromatic rings. The van der Waals surface area contributed by atoms with E-state index in [-0.39, 0.29) is 48.1 Å². The predicted molar refractivity (Wildman–Crippen MR) is 284 cm³/mol. The zero-order valence-electron chi connectivity index (χ0n) is 43.0. The van der Waals surface area contributed by atoms with Crippen LogP contribution in [0.1, 0.15) is 102 Å². The van der Waals surface area contributed by atoms with E-state index in [0.29, 0.717) is 79.3 Å². The van der Waals surface area contributed by atoms with Crippen LogP contribution >= 0.6 is 0 Å². The van der Waals surface area contributed by atoms with Gasteiger partial charge in [-0.25, -0.2) is 14.6 Å². The summed E-state index contributed by atoms with van der Waals surface area (Å²) in [4.78, 5) is 108. The molecular formula is C56H60N12O8. The number of H-pyrrole nitrogens is 1. The number of anilines is 1. The van der Waals surface area contributed by atoms with E-state index in [0.717, 1.165) is 81.6 Å². The number of hydrogen-bond acceptors (Lipinski definition) is 12. The van der Waals surface area contributed by atoms with Crippen molar-refractivity contribution in [2.24, 2.45) is 13.0 Å². The molecule has 6 amide bonds. The van der Waals surface area contributed by atoms with Crippen molar-refractivity contribution in [2.75, 3.05) is 57.8 Å². The van der Waals surface area contributed by atoms with Gasteiger partial charge in [-0.3, -0.25) is 52.9 Å². The monoisotopic (exact) mass is 1030 g/mol. The number of amides is 6. The van der Waals surface area contributed by atoms with Gasteiger partial charge in [-0.05, 0) is 106 Å². The van der Waals surface area contributed by atoms with Gasteiger partial charge < -0.3 is 24.8 Å². The molecule has 1 aliphatic carbocycles. The highest BCUT2D eigenvalue weighted by atomic mass is 16.5. The Labute approximate surface area is 436 Å². The van der Waals surface area contributed by atoms with Gasteiger partial charge in [0.1, 0.15) is 11.7 Å². The molecule has 4 aromatic heterocycles. The van der Waals surface area contributed by atoms with Crippen LogP contribution in [0.4, 0.5) is 10.5 Å². The van der Waals surface area contributed by atoms with Crippen LogP contribution in [0.25, 0.3) is 55.4 Å². The summed E-state index contributed by atoms with van der Waals surface area (Å²) < 4.78 is 10.4. The van der Waals surface area contributed by atoms with Crippen molar-refractivity contribution < 1.29 is 33.5 Å². The molecule has 3 N–H and O–H groups in total. The summed E-state index contributed by atoms with van der Waals surface area (Å²) in [7, 11) is 3.12. The zero-order chi connectivity index (χ0) is 52.7. The zero-order valence-corrected chi connectivity index (χ0v) is 43.0. The SMILES string of the molecule is COC(=O)N[C@@H]1CC[C@@H](n2c(=O)n(C)c3cnc4[nH]c(-c5ccc(C(=O)N6CCC(CN7CCN(c8cccc9c8C(=O)N(C8CCC(=O)NC8=O)C9=O)CC7)CC6)cc5)c(-c5ccc6c(cnn6C(C)C)c5)c4c32)C1. The average Bonchev–Trinajstić information content (AvgIpc) is 4.44. The summed E-state index contributed by atoms with van der Waals surface area (Å²) >= 11 is 0. The highest BCUT2D eigenvalue weighted by Gasteiger charge is 2.46. The molecule has 3 aromatic carbocycles. The number of piperidine rings is 2. The number of carbonyl (C=O) groups is 6. The van der Waals surface area contributed by atoms with Crippen LogP contribution in [0.15, 0.2) is 77.9 Å². The molecule has 76 heavy (non-hydrogen) atoms. The molecule has 1 saturated carbocycles. The molecule has 0 radical (unpaired) electrons. The number of ether oxygens (including phenoxy) is 1. The van der Waals surface area contributed by atoms with Gasteiger partial charge in [0.25, 0.3) is 17.7 Å². The van der Waals surface area contributed by atoms with Crippen molar-refractivity contribution in [3.63, 3.8) is 0 Å². The number of aryl methyl sites for hydroxylation is 1. The molecule has 12 rings (SSSR count). The van der Waals surface area contributed by atoms with Crippen LogP contribution in [-0.4, -0.2) is 144 Å². The first-order chi connectivity index (χ1) is 36.8. The maximum absolute atomic E-state index is 14.3. The minimum Gasteiger partial charge on any atom is -0.453 e. The van der Waals surface area contributed by atoms with E-state index in [1.54, 1.807) is 29.9 Å². The standard InChI is InChI=1S/C56H60N12O8/c1-31(2)68-40-15-12-35(26-36(40)28-58-68)45-47-49-43(62(3)56(75)66(49)38-14-13-37(27-38)59-55(74)76-4)29-57-50(47)61-48(45)33-8-10-34(11-9-33)52(71)65-20-18-32(19-21-65)30-63-22-24-64(25-23-63)41-7-5-6-39-46(41)54(73)67(53(39)72)42-16-17-44(69)60-51(42)70/h5-12,15,26,28-29,31-32,37-38,42H,13-14,16-25,27,30H2,1-4H3,(H,57,61)(H,59,74)(H,60,69,70)/t37-,38-,42?/m1/s1. The Bertz CT molecular complexity index is 3590. The molecular weight excluding hydrogens is 969 g/mol. The van der Waals surface area contributed by atoms with E-state index in [1.807, 2.05) is 50.7 Å². The number of carbonyl (C=O) groups excluding carboxylic acids is 6. The number of likely N-dealkylation sites (tertiary alicyclic amines) is 1. The lowest BCUT2D eigenvalue weighted by Gasteiger charge is -2.40.